The normalized spacial score (nSPS) is 12.8. The van der Waals surface area contributed by atoms with Gasteiger partial charge in [0, 0.05) is 11.4 Å². The van der Waals surface area contributed by atoms with Crippen molar-refractivity contribution in [2.45, 2.75) is 54.9 Å². The first-order chi connectivity index (χ1) is 7.31. The summed E-state index contributed by atoms with van der Waals surface area (Å²) in [5, 5.41) is 0. The number of aliphatic imine (C=N–C) groups is 1. The summed E-state index contributed by atoms with van der Waals surface area (Å²) in [5.74, 6) is 0.955. The Morgan fingerprint density at radius 2 is 1.56 bits per heavy atom. The van der Waals surface area contributed by atoms with Crippen LogP contribution in [0, 0.1) is 11.8 Å². The Balaban J connectivity index is 5.51. The molecule has 0 unspecified atom stereocenters. The van der Waals surface area contributed by atoms with Gasteiger partial charge in [0.1, 0.15) is 0 Å². The van der Waals surface area contributed by atoms with E-state index in [1.165, 1.54) is 16.8 Å². The SMILES string of the molecule is C=C(/C(CC)=C(\N=C(C)C)C(C)C)C(C)C. The molecule has 0 heterocycles. The third-order valence-electron chi connectivity index (χ3n) is 2.64. The zero-order valence-corrected chi connectivity index (χ0v) is 12.0. The van der Waals surface area contributed by atoms with Gasteiger partial charge in [0.05, 0.1) is 0 Å². The van der Waals surface area contributed by atoms with Crippen molar-refractivity contribution < 1.29 is 0 Å². The van der Waals surface area contributed by atoms with Crippen LogP contribution in [0.3, 0.4) is 0 Å². The number of hydrogen-bond donors (Lipinski definition) is 0. The standard InChI is InChI=1S/C15H27N/c1-9-14(13(8)10(2)3)15(11(4)5)16-12(6)7/h10-11H,8-9H2,1-7H3/b15-14-. The van der Waals surface area contributed by atoms with Crippen molar-refractivity contribution in [2.75, 3.05) is 0 Å². The highest BCUT2D eigenvalue weighted by molar-refractivity contribution is 5.80. The maximum absolute atomic E-state index is 4.69. The molecule has 0 rings (SSSR count). The van der Waals surface area contributed by atoms with Crippen molar-refractivity contribution >= 4 is 5.71 Å². The highest BCUT2D eigenvalue weighted by Crippen LogP contribution is 2.28. The first-order valence-corrected chi connectivity index (χ1v) is 6.25. The quantitative estimate of drug-likeness (QED) is 0.457. The van der Waals surface area contributed by atoms with Crippen LogP contribution in [0.4, 0.5) is 0 Å². The van der Waals surface area contributed by atoms with Crippen LogP contribution in [0.2, 0.25) is 0 Å². The molecule has 0 aromatic rings. The molecule has 0 aromatic heterocycles. The van der Waals surface area contributed by atoms with E-state index < -0.39 is 0 Å². The van der Waals surface area contributed by atoms with Gasteiger partial charge in [0.25, 0.3) is 0 Å². The summed E-state index contributed by atoms with van der Waals surface area (Å²) in [7, 11) is 0. The van der Waals surface area contributed by atoms with Crippen LogP contribution >= 0.6 is 0 Å². The Bertz CT molecular complexity index is 299. The van der Waals surface area contributed by atoms with Gasteiger partial charge < -0.3 is 0 Å². The molecule has 0 saturated heterocycles. The maximum Gasteiger partial charge on any atom is 0.0462 e. The van der Waals surface area contributed by atoms with Crippen LogP contribution in [-0.2, 0) is 0 Å². The molecule has 1 nitrogen and oxygen atoms in total. The highest BCUT2D eigenvalue weighted by atomic mass is 14.8. The molecule has 0 aromatic carbocycles. The number of nitrogens with zero attached hydrogens (tertiary/aromatic N) is 1. The average molecular weight is 221 g/mol. The van der Waals surface area contributed by atoms with E-state index in [9.17, 15) is 0 Å². The van der Waals surface area contributed by atoms with Crippen molar-refractivity contribution in [3.8, 4) is 0 Å². The van der Waals surface area contributed by atoms with Crippen LogP contribution < -0.4 is 0 Å². The second kappa shape index (κ2) is 6.67. The van der Waals surface area contributed by atoms with Gasteiger partial charge in [0.15, 0.2) is 0 Å². The molecule has 0 spiro atoms. The van der Waals surface area contributed by atoms with Gasteiger partial charge in [-0.2, -0.15) is 0 Å². The van der Waals surface area contributed by atoms with Crippen molar-refractivity contribution in [3.05, 3.63) is 23.4 Å². The van der Waals surface area contributed by atoms with Gasteiger partial charge in [-0.05, 0) is 43.3 Å². The number of allylic oxidation sites excluding steroid dienone is 3. The Labute approximate surface area is 101 Å². The summed E-state index contributed by atoms with van der Waals surface area (Å²) >= 11 is 0. The lowest BCUT2D eigenvalue weighted by molar-refractivity contribution is 0.711. The van der Waals surface area contributed by atoms with E-state index in [0.717, 1.165) is 12.1 Å². The molecule has 0 aliphatic carbocycles. The highest BCUT2D eigenvalue weighted by Gasteiger charge is 2.13. The molecule has 0 saturated carbocycles. The van der Waals surface area contributed by atoms with Crippen LogP contribution in [0.5, 0.6) is 0 Å². The molecule has 0 aliphatic heterocycles. The predicted molar refractivity (Wildman–Crippen MR) is 74.9 cm³/mol. The van der Waals surface area contributed by atoms with E-state index in [1.807, 2.05) is 13.8 Å². The summed E-state index contributed by atoms with van der Waals surface area (Å²) in [5.41, 5.74) is 4.90. The Morgan fingerprint density at radius 1 is 1.06 bits per heavy atom. The van der Waals surface area contributed by atoms with Crippen molar-refractivity contribution in [2.24, 2.45) is 16.8 Å². The lowest BCUT2D eigenvalue weighted by Crippen LogP contribution is -2.04. The largest absolute Gasteiger partial charge is 0.262 e. The molecule has 0 amide bonds. The van der Waals surface area contributed by atoms with Gasteiger partial charge in [-0.1, -0.05) is 41.2 Å². The van der Waals surface area contributed by atoms with E-state index >= 15 is 0 Å². The summed E-state index contributed by atoms with van der Waals surface area (Å²) in [6.45, 7) is 19.3. The second-order valence-corrected chi connectivity index (χ2v) is 5.11. The van der Waals surface area contributed by atoms with Gasteiger partial charge in [-0.25, -0.2) is 0 Å². The summed E-state index contributed by atoms with van der Waals surface area (Å²) in [6.07, 6.45) is 1.02. The zero-order valence-electron chi connectivity index (χ0n) is 12.0. The van der Waals surface area contributed by atoms with Gasteiger partial charge in [-0.15, -0.1) is 0 Å². The first kappa shape index (κ1) is 15.2. The Hall–Kier alpha value is -0.850. The van der Waals surface area contributed by atoms with Gasteiger partial charge in [-0.3, -0.25) is 4.99 Å². The minimum atomic E-state index is 0.459. The molecule has 16 heavy (non-hydrogen) atoms. The summed E-state index contributed by atoms with van der Waals surface area (Å²) in [4.78, 5) is 4.69. The van der Waals surface area contributed by atoms with E-state index in [4.69, 9.17) is 0 Å². The van der Waals surface area contributed by atoms with Crippen LogP contribution in [0.15, 0.2) is 28.4 Å². The molecule has 92 valence electrons. The molecule has 0 aliphatic rings. The molecule has 0 N–H and O–H groups in total. The molecule has 0 radical (unpaired) electrons. The number of rotatable bonds is 5. The van der Waals surface area contributed by atoms with Crippen LogP contribution in [-0.4, -0.2) is 5.71 Å². The monoisotopic (exact) mass is 221 g/mol. The lowest BCUT2D eigenvalue weighted by Gasteiger charge is -2.18. The molecule has 0 bridgehead atoms. The fourth-order valence-electron chi connectivity index (χ4n) is 1.71. The minimum Gasteiger partial charge on any atom is -0.262 e. The fourth-order valence-corrected chi connectivity index (χ4v) is 1.71. The molecule has 0 atom stereocenters. The fraction of sp³-hybridized carbons (Fsp3) is 0.667. The first-order valence-electron chi connectivity index (χ1n) is 6.25. The van der Waals surface area contributed by atoms with Gasteiger partial charge in [0.2, 0.25) is 0 Å². The third kappa shape index (κ3) is 4.34. The van der Waals surface area contributed by atoms with E-state index in [2.05, 4.69) is 46.2 Å². The van der Waals surface area contributed by atoms with E-state index in [1.54, 1.807) is 0 Å². The predicted octanol–water partition coefficient (Wildman–Crippen LogP) is 5.00. The molecule has 1 heteroatoms. The number of hydrogen-bond acceptors (Lipinski definition) is 1. The van der Waals surface area contributed by atoms with Crippen molar-refractivity contribution in [1.82, 2.24) is 0 Å². The summed E-state index contributed by atoms with van der Waals surface area (Å²) < 4.78 is 0. The third-order valence-corrected chi connectivity index (χ3v) is 2.64. The van der Waals surface area contributed by atoms with E-state index in [0.29, 0.717) is 11.8 Å². The lowest BCUT2D eigenvalue weighted by atomic mass is 9.90. The molecule has 0 fully saturated rings. The maximum atomic E-state index is 4.69. The Kier molecular flexibility index (Phi) is 6.32. The van der Waals surface area contributed by atoms with Crippen LogP contribution in [0.25, 0.3) is 0 Å². The molecular weight excluding hydrogens is 194 g/mol. The molecular formula is C15H27N. The second-order valence-electron chi connectivity index (χ2n) is 5.11. The minimum absolute atomic E-state index is 0.459. The van der Waals surface area contributed by atoms with Crippen molar-refractivity contribution in [3.63, 3.8) is 0 Å². The zero-order chi connectivity index (χ0) is 12.9. The van der Waals surface area contributed by atoms with Crippen molar-refractivity contribution in [1.29, 1.82) is 0 Å². The summed E-state index contributed by atoms with van der Waals surface area (Å²) in [6, 6.07) is 0. The smallest absolute Gasteiger partial charge is 0.0462 e. The van der Waals surface area contributed by atoms with Gasteiger partial charge >= 0.3 is 0 Å². The Morgan fingerprint density at radius 3 is 1.81 bits per heavy atom. The average Bonchev–Trinajstić information content (AvgIpc) is 2.16. The van der Waals surface area contributed by atoms with Crippen LogP contribution in [0.1, 0.15) is 54.9 Å². The topological polar surface area (TPSA) is 12.4 Å². The van der Waals surface area contributed by atoms with E-state index in [-0.39, 0.29) is 0 Å².